The van der Waals surface area contributed by atoms with Crippen molar-refractivity contribution in [2.24, 2.45) is 0 Å². The molecule has 4 nitrogen and oxygen atoms in total. The number of ether oxygens (including phenoxy) is 1. The minimum Gasteiger partial charge on any atom is -0.462 e. The zero-order chi connectivity index (χ0) is 17.1. The standard InChI is InChI=1S/C20H19NO3/c1-3-24-20(23)17-13-21(14(2)15-9-5-4-6-10-15)18-12-8-7-11-16(18)19(17)22/h4-14H,3H2,1-2H3. The fourth-order valence-corrected chi connectivity index (χ4v) is 2.87. The van der Waals surface area contributed by atoms with Gasteiger partial charge in [0.2, 0.25) is 5.43 Å². The van der Waals surface area contributed by atoms with Crippen LogP contribution < -0.4 is 5.43 Å². The summed E-state index contributed by atoms with van der Waals surface area (Å²) >= 11 is 0. The van der Waals surface area contributed by atoms with Gasteiger partial charge in [0.1, 0.15) is 5.56 Å². The number of carbonyl (C=O) groups is 1. The first kappa shape index (κ1) is 16.0. The minimum atomic E-state index is -0.581. The highest BCUT2D eigenvalue weighted by molar-refractivity contribution is 5.93. The highest BCUT2D eigenvalue weighted by Gasteiger charge is 2.18. The number of rotatable bonds is 4. The number of esters is 1. The van der Waals surface area contributed by atoms with E-state index in [0.29, 0.717) is 5.39 Å². The molecule has 3 aromatic rings. The molecule has 122 valence electrons. The van der Waals surface area contributed by atoms with E-state index in [1.807, 2.05) is 54.0 Å². The number of nitrogens with zero attached hydrogens (tertiary/aromatic N) is 1. The van der Waals surface area contributed by atoms with Gasteiger partial charge in [-0.05, 0) is 31.5 Å². The molecular formula is C20H19NO3. The van der Waals surface area contributed by atoms with Gasteiger partial charge >= 0.3 is 5.97 Å². The van der Waals surface area contributed by atoms with Gasteiger partial charge in [0.05, 0.1) is 18.2 Å². The van der Waals surface area contributed by atoms with Gasteiger partial charge in [0.25, 0.3) is 0 Å². The van der Waals surface area contributed by atoms with E-state index >= 15 is 0 Å². The van der Waals surface area contributed by atoms with Crippen LogP contribution in [0, 0.1) is 0 Å². The fourth-order valence-electron chi connectivity index (χ4n) is 2.87. The van der Waals surface area contributed by atoms with E-state index in [-0.39, 0.29) is 23.6 Å². The van der Waals surface area contributed by atoms with Gasteiger partial charge < -0.3 is 9.30 Å². The molecule has 0 bridgehead atoms. The molecule has 0 aliphatic rings. The monoisotopic (exact) mass is 321 g/mol. The first-order chi connectivity index (χ1) is 11.6. The third-order valence-electron chi connectivity index (χ3n) is 4.13. The molecule has 0 spiro atoms. The molecule has 0 saturated carbocycles. The van der Waals surface area contributed by atoms with Crippen LogP contribution in [-0.2, 0) is 4.74 Å². The lowest BCUT2D eigenvalue weighted by Gasteiger charge is -2.20. The van der Waals surface area contributed by atoms with E-state index < -0.39 is 5.97 Å². The number of fused-ring (bicyclic) bond motifs is 1. The maximum absolute atomic E-state index is 12.6. The first-order valence-corrected chi connectivity index (χ1v) is 7.99. The van der Waals surface area contributed by atoms with E-state index in [1.54, 1.807) is 25.3 Å². The second kappa shape index (κ2) is 6.71. The van der Waals surface area contributed by atoms with Crippen molar-refractivity contribution in [3.63, 3.8) is 0 Å². The van der Waals surface area contributed by atoms with Crippen LogP contribution in [0.4, 0.5) is 0 Å². The summed E-state index contributed by atoms with van der Waals surface area (Å²) in [6.45, 7) is 4.00. The maximum atomic E-state index is 12.6. The topological polar surface area (TPSA) is 48.3 Å². The number of hydrogen-bond acceptors (Lipinski definition) is 3. The second-order valence-corrected chi connectivity index (χ2v) is 5.60. The van der Waals surface area contributed by atoms with Crippen molar-refractivity contribution in [3.05, 3.63) is 82.1 Å². The Morgan fingerprint density at radius 3 is 2.46 bits per heavy atom. The van der Waals surface area contributed by atoms with E-state index in [9.17, 15) is 9.59 Å². The number of aromatic nitrogens is 1. The molecule has 1 aromatic heterocycles. The lowest BCUT2D eigenvalue weighted by Crippen LogP contribution is -2.22. The van der Waals surface area contributed by atoms with Gasteiger partial charge in [-0.2, -0.15) is 0 Å². The van der Waals surface area contributed by atoms with Crippen molar-refractivity contribution in [2.75, 3.05) is 6.61 Å². The molecule has 0 N–H and O–H groups in total. The molecule has 0 saturated heterocycles. The van der Waals surface area contributed by atoms with Crippen molar-refractivity contribution in [1.82, 2.24) is 4.57 Å². The van der Waals surface area contributed by atoms with Gasteiger partial charge in [-0.15, -0.1) is 0 Å². The zero-order valence-electron chi connectivity index (χ0n) is 13.7. The van der Waals surface area contributed by atoms with Crippen molar-refractivity contribution in [3.8, 4) is 0 Å². The molecule has 1 atom stereocenters. The highest BCUT2D eigenvalue weighted by Crippen LogP contribution is 2.23. The number of para-hydroxylation sites is 1. The third kappa shape index (κ3) is 2.83. The van der Waals surface area contributed by atoms with Crippen LogP contribution in [0.5, 0.6) is 0 Å². The van der Waals surface area contributed by atoms with Crippen LogP contribution in [-0.4, -0.2) is 17.1 Å². The average Bonchev–Trinajstić information content (AvgIpc) is 2.62. The van der Waals surface area contributed by atoms with Gasteiger partial charge in [-0.25, -0.2) is 4.79 Å². The molecular weight excluding hydrogens is 302 g/mol. The van der Waals surface area contributed by atoms with Gasteiger partial charge in [-0.3, -0.25) is 4.79 Å². The Balaban J connectivity index is 2.25. The maximum Gasteiger partial charge on any atom is 0.343 e. The zero-order valence-corrected chi connectivity index (χ0v) is 13.7. The van der Waals surface area contributed by atoms with Crippen LogP contribution in [0.1, 0.15) is 35.8 Å². The van der Waals surface area contributed by atoms with Crippen molar-refractivity contribution < 1.29 is 9.53 Å². The Bertz CT molecular complexity index is 929. The largest absolute Gasteiger partial charge is 0.462 e. The quantitative estimate of drug-likeness (QED) is 0.687. The normalized spacial score (nSPS) is 12.1. The van der Waals surface area contributed by atoms with Crippen molar-refractivity contribution >= 4 is 16.9 Å². The lowest BCUT2D eigenvalue weighted by molar-refractivity contribution is 0.0524. The van der Waals surface area contributed by atoms with Gasteiger partial charge in [-0.1, -0.05) is 42.5 Å². The lowest BCUT2D eigenvalue weighted by atomic mass is 10.1. The van der Waals surface area contributed by atoms with Crippen LogP contribution in [0.25, 0.3) is 10.9 Å². The molecule has 1 unspecified atom stereocenters. The van der Waals surface area contributed by atoms with Crippen LogP contribution >= 0.6 is 0 Å². The fraction of sp³-hybridized carbons (Fsp3) is 0.200. The Morgan fingerprint density at radius 2 is 1.75 bits per heavy atom. The summed E-state index contributed by atoms with van der Waals surface area (Å²) in [7, 11) is 0. The molecule has 0 aliphatic heterocycles. The van der Waals surface area contributed by atoms with E-state index in [2.05, 4.69) is 0 Å². The molecule has 0 aliphatic carbocycles. The smallest absolute Gasteiger partial charge is 0.343 e. The SMILES string of the molecule is CCOC(=O)c1cn(C(C)c2ccccc2)c2ccccc2c1=O. The predicted molar refractivity (Wildman–Crippen MR) is 94.4 cm³/mol. The third-order valence-corrected chi connectivity index (χ3v) is 4.13. The second-order valence-electron chi connectivity index (χ2n) is 5.60. The summed E-state index contributed by atoms with van der Waals surface area (Å²) in [5.74, 6) is -0.581. The van der Waals surface area contributed by atoms with E-state index in [1.165, 1.54) is 0 Å². The first-order valence-electron chi connectivity index (χ1n) is 7.99. The summed E-state index contributed by atoms with van der Waals surface area (Å²) in [6.07, 6.45) is 1.61. The van der Waals surface area contributed by atoms with Crippen LogP contribution in [0.2, 0.25) is 0 Å². The van der Waals surface area contributed by atoms with Crippen LogP contribution in [0.3, 0.4) is 0 Å². The summed E-state index contributed by atoms with van der Waals surface area (Å²) in [5, 5.41) is 0.519. The Labute approximate surface area is 140 Å². The van der Waals surface area contributed by atoms with Crippen molar-refractivity contribution in [1.29, 1.82) is 0 Å². The molecule has 4 heteroatoms. The van der Waals surface area contributed by atoms with E-state index in [0.717, 1.165) is 11.1 Å². The predicted octanol–water partition coefficient (Wildman–Crippen LogP) is 3.79. The van der Waals surface area contributed by atoms with Crippen molar-refractivity contribution in [2.45, 2.75) is 19.9 Å². The van der Waals surface area contributed by atoms with Crippen LogP contribution in [0.15, 0.2) is 65.6 Å². The molecule has 0 fully saturated rings. The Kier molecular flexibility index (Phi) is 4.47. The number of carbonyl (C=O) groups excluding carboxylic acids is 1. The Morgan fingerprint density at radius 1 is 1.08 bits per heavy atom. The molecule has 24 heavy (non-hydrogen) atoms. The highest BCUT2D eigenvalue weighted by atomic mass is 16.5. The summed E-state index contributed by atoms with van der Waals surface area (Å²) < 4.78 is 7.00. The number of benzene rings is 2. The van der Waals surface area contributed by atoms with E-state index in [4.69, 9.17) is 4.74 Å². The van der Waals surface area contributed by atoms with Gasteiger partial charge in [0, 0.05) is 11.6 Å². The summed E-state index contributed by atoms with van der Waals surface area (Å²) in [5.41, 5.74) is 1.67. The minimum absolute atomic E-state index is 0.0233. The summed E-state index contributed by atoms with van der Waals surface area (Å²) in [4.78, 5) is 24.8. The molecule has 2 aromatic carbocycles. The Hall–Kier alpha value is -2.88. The average molecular weight is 321 g/mol. The number of pyridine rings is 1. The number of hydrogen-bond donors (Lipinski definition) is 0. The molecule has 3 rings (SSSR count). The molecule has 1 heterocycles. The van der Waals surface area contributed by atoms with Gasteiger partial charge in [0.15, 0.2) is 0 Å². The summed E-state index contributed by atoms with van der Waals surface area (Å²) in [6, 6.07) is 17.3. The molecule has 0 radical (unpaired) electrons. The molecule has 0 amide bonds.